The predicted octanol–water partition coefficient (Wildman–Crippen LogP) is 2.85. The molecular weight excluding hydrogens is 255 g/mol. The second-order valence-corrected chi connectivity index (χ2v) is 3.74. The monoisotopic (exact) mass is 262 g/mol. The lowest BCUT2D eigenvalue weighted by molar-refractivity contribution is -0.107. The smallest absolute Gasteiger partial charge is 0.136 e. The Morgan fingerprint density at radius 1 is 1.62 bits per heavy atom. The molecule has 13 heavy (non-hydrogen) atoms. The second kappa shape index (κ2) is 4.63. The summed E-state index contributed by atoms with van der Waals surface area (Å²) in [4.78, 5) is 10.4. The average Bonchev–Trinajstić information content (AvgIpc) is 2.04. The van der Waals surface area contributed by atoms with Crippen molar-refractivity contribution >= 4 is 33.8 Å². The molecule has 0 saturated heterocycles. The molecule has 0 bridgehead atoms. The van der Waals surface area contributed by atoms with Crippen LogP contribution in [-0.2, 0) is 11.2 Å². The minimum absolute atomic E-state index is 0.308. The standard InChI is InChI=1S/C9H8BrClO2/c1-13-9-6(2-3-12)4-7(11)5-8(9)10/h3-5H,2H2,1H3. The van der Waals surface area contributed by atoms with E-state index >= 15 is 0 Å². The SMILES string of the molecule is COc1c(Br)cc(Cl)cc1CC=O. The third-order valence-corrected chi connectivity index (χ3v) is 2.40. The minimum Gasteiger partial charge on any atom is -0.495 e. The summed E-state index contributed by atoms with van der Waals surface area (Å²) < 4.78 is 5.88. The summed E-state index contributed by atoms with van der Waals surface area (Å²) in [6, 6.07) is 3.45. The van der Waals surface area contributed by atoms with E-state index in [4.69, 9.17) is 16.3 Å². The highest BCUT2D eigenvalue weighted by atomic mass is 79.9. The Morgan fingerprint density at radius 2 is 2.31 bits per heavy atom. The molecule has 0 atom stereocenters. The number of benzene rings is 1. The van der Waals surface area contributed by atoms with E-state index in [1.54, 1.807) is 19.2 Å². The van der Waals surface area contributed by atoms with Gasteiger partial charge in [-0.15, -0.1) is 0 Å². The Bertz CT molecular complexity index is 326. The van der Waals surface area contributed by atoms with Gasteiger partial charge in [-0.25, -0.2) is 0 Å². The Labute approximate surface area is 90.0 Å². The van der Waals surface area contributed by atoms with Crippen molar-refractivity contribution in [3.05, 3.63) is 27.2 Å². The van der Waals surface area contributed by atoms with Crippen LogP contribution in [-0.4, -0.2) is 13.4 Å². The number of methoxy groups -OCH3 is 1. The van der Waals surface area contributed by atoms with E-state index in [-0.39, 0.29) is 0 Å². The van der Waals surface area contributed by atoms with Crippen molar-refractivity contribution in [2.75, 3.05) is 7.11 Å². The van der Waals surface area contributed by atoms with E-state index in [1.807, 2.05) is 0 Å². The molecule has 0 amide bonds. The number of carbonyl (C=O) groups is 1. The zero-order valence-corrected chi connectivity index (χ0v) is 9.35. The maximum Gasteiger partial charge on any atom is 0.136 e. The maximum atomic E-state index is 10.4. The van der Waals surface area contributed by atoms with Crippen LogP contribution in [0.2, 0.25) is 5.02 Å². The number of aldehydes is 1. The first-order valence-electron chi connectivity index (χ1n) is 3.64. The van der Waals surface area contributed by atoms with Crippen molar-refractivity contribution in [1.29, 1.82) is 0 Å². The fraction of sp³-hybridized carbons (Fsp3) is 0.222. The lowest BCUT2D eigenvalue weighted by atomic mass is 10.1. The lowest BCUT2D eigenvalue weighted by Crippen LogP contribution is -1.94. The van der Waals surface area contributed by atoms with Gasteiger partial charge in [-0.05, 0) is 28.1 Å². The van der Waals surface area contributed by atoms with E-state index in [0.29, 0.717) is 17.2 Å². The first kappa shape index (κ1) is 10.5. The fourth-order valence-corrected chi connectivity index (χ4v) is 2.12. The first-order chi connectivity index (χ1) is 6.19. The molecular formula is C9H8BrClO2. The third kappa shape index (κ3) is 2.45. The van der Waals surface area contributed by atoms with Gasteiger partial charge < -0.3 is 9.53 Å². The first-order valence-corrected chi connectivity index (χ1v) is 4.81. The van der Waals surface area contributed by atoms with Gasteiger partial charge in [0.25, 0.3) is 0 Å². The van der Waals surface area contributed by atoms with Crippen LogP contribution in [0.5, 0.6) is 5.75 Å². The zero-order valence-electron chi connectivity index (χ0n) is 7.01. The van der Waals surface area contributed by atoms with Crippen molar-refractivity contribution in [3.8, 4) is 5.75 Å². The molecule has 0 N–H and O–H groups in total. The third-order valence-electron chi connectivity index (χ3n) is 1.59. The molecule has 0 spiro atoms. The summed E-state index contributed by atoms with van der Waals surface area (Å²) in [5.41, 5.74) is 0.789. The number of rotatable bonds is 3. The average molecular weight is 264 g/mol. The van der Waals surface area contributed by atoms with E-state index < -0.39 is 0 Å². The maximum absolute atomic E-state index is 10.4. The van der Waals surface area contributed by atoms with Crippen LogP contribution in [0.4, 0.5) is 0 Å². The molecule has 0 aliphatic heterocycles. The molecule has 0 radical (unpaired) electrons. The van der Waals surface area contributed by atoms with Crippen LogP contribution in [0, 0.1) is 0 Å². The molecule has 0 saturated carbocycles. The molecule has 0 unspecified atom stereocenters. The van der Waals surface area contributed by atoms with Gasteiger partial charge in [0.05, 0.1) is 11.6 Å². The Balaban J connectivity index is 3.20. The highest BCUT2D eigenvalue weighted by molar-refractivity contribution is 9.10. The Kier molecular flexibility index (Phi) is 3.75. The van der Waals surface area contributed by atoms with Crippen LogP contribution in [0.3, 0.4) is 0 Å². The quantitative estimate of drug-likeness (QED) is 0.784. The van der Waals surface area contributed by atoms with Crippen molar-refractivity contribution < 1.29 is 9.53 Å². The van der Waals surface area contributed by atoms with Gasteiger partial charge in [-0.1, -0.05) is 11.6 Å². The molecule has 70 valence electrons. The van der Waals surface area contributed by atoms with Crippen LogP contribution >= 0.6 is 27.5 Å². The fourth-order valence-electron chi connectivity index (χ4n) is 1.08. The highest BCUT2D eigenvalue weighted by Crippen LogP contribution is 2.32. The molecule has 0 aromatic heterocycles. The van der Waals surface area contributed by atoms with Crippen LogP contribution in [0.25, 0.3) is 0 Å². The Morgan fingerprint density at radius 3 is 2.85 bits per heavy atom. The molecule has 0 aliphatic carbocycles. The van der Waals surface area contributed by atoms with E-state index in [2.05, 4.69) is 15.9 Å². The van der Waals surface area contributed by atoms with E-state index in [1.165, 1.54) is 0 Å². The summed E-state index contributed by atoms with van der Waals surface area (Å²) >= 11 is 9.12. The summed E-state index contributed by atoms with van der Waals surface area (Å²) in [6.45, 7) is 0. The molecule has 2 nitrogen and oxygen atoms in total. The number of halogens is 2. The topological polar surface area (TPSA) is 26.3 Å². The molecule has 1 aromatic rings. The largest absolute Gasteiger partial charge is 0.495 e. The summed E-state index contributed by atoms with van der Waals surface area (Å²) in [7, 11) is 1.56. The van der Waals surface area contributed by atoms with Gasteiger partial charge in [0, 0.05) is 17.0 Å². The number of hydrogen-bond acceptors (Lipinski definition) is 2. The summed E-state index contributed by atoms with van der Waals surface area (Å²) in [6.07, 6.45) is 1.13. The zero-order chi connectivity index (χ0) is 9.84. The van der Waals surface area contributed by atoms with E-state index in [9.17, 15) is 4.79 Å². The predicted molar refractivity (Wildman–Crippen MR) is 55.5 cm³/mol. The lowest BCUT2D eigenvalue weighted by Gasteiger charge is -2.08. The van der Waals surface area contributed by atoms with Gasteiger partial charge in [0.2, 0.25) is 0 Å². The second-order valence-electron chi connectivity index (χ2n) is 2.45. The van der Waals surface area contributed by atoms with Crippen molar-refractivity contribution in [1.82, 2.24) is 0 Å². The van der Waals surface area contributed by atoms with Crippen LogP contribution in [0.1, 0.15) is 5.56 Å². The highest BCUT2D eigenvalue weighted by Gasteiger charge is 2.08. The van der Waals surface area contributed by atoms with Crippen molar-refractivity contribution in [2.45, 2.75) is 6.42 Å². The summed E-state index contributed by atoms with van der Waals surface area (Å²) in [5.74, 6) is 0.663. The van der Waals surface area contributed by atoms with Gasteiger partial charge >= 0.3 is 0 Å². The molecule has 0 aliphatic rings. The van der Waals surface area contributed by atoms with Gasteiger partial charge in [-0.3, -0.25) is 0 Å². The van der Waals surface area contributed by atoms with Crippen LogP contribution < -0.4 is 4.74 Å². The van der Waals surface area contributed by atoms with Crippen molar-refractivity contribution in [2.24, 2.45) is 0 Å². The molecule has 4 heteroatoms. The number of carbonyl (C=O) groups excluding carboxylic acids is 1. The van der Waals surface area contributed by atoms with Crippen LogP contribution in [0.15, 0.2) is 16.6 Å². The number of hydrogen-bond donors (Lipinski definition) is 0. The summed E-state index contributed by atoms with van der Waals surface area (Å²) in [5, 5.41) is 0.588. The van der Waals surface area contributed by atoms with Crippen molar-refractivity contribution in [3.63, 3.8) is 0 Å². The number of ether oxygens (including phenoxy) is 1. The van der Waals surface area contributed by atoms with E-state index in [0.717, 1.165) is 16.3 Å². The van der Waals surface area contributed by atoms with Gasteiger partial charge in [-0.2, -0.15) is 0 Å². The molecule has 1 aromatic carbocycles. The van der Waals surface area contributed by atoms with Gasteiger partial charge in [0.1, 0.15) is 12.0 Å². The molecule has 0 fully saturated rings. The normalized spacial score (nSPS) is 9.77. The molecule has 0 heterocycles. The minimum atomic E-state index is 0.308. The molecule has 1 rings (SSSR count). The van der Waals surface area contributed by atoms with Gasteiger partial charge in [0.15, 0.2) is 0 Å². The Hall–Kier alpha value is -0.540.